The van der Waals surface area contributed by atoms with Crippen LogP contribution in [-0.4, -0.2) is 44.8 Å². The number of carbonyl (C=O) groups is 2. The van der Waals surface area contributed by atoms with E-state index in [-0.39, 0.29) is 22.7 Å². The molecule has 1 aliphatic rings. The third-order valence-electron chi connectivity index (χ3n) is 5.01. The van der Waals surface area contributed by atoms with Crippen molar-refractivity contribution in [1.29, 1.82) is 0 Å². The first-order valence-electron chi connectivity index (χ1n) is 9.46. The van der Waals surface area contributed by atoms with Gasteiger partial charge in [-0.25, -0.2) is 4.79 Å². The highest BCUT2D eigenvalue weighted by molar-refractivity contribution is 5.95. The summed E-state index contributed by atoms with van der Waals surface area (Å²) in [7, 11) is 1.30. The molecule has 0 aliphatic carbocycles. The van der Waals surface area contributed by atoms with Crippen LogP contribution in [0.3, 0.4) is 0 Å². The molecular weight excluding hydrogens is 360 g/mol. The molecule has 3 rings (SSSR count). The van der Waals surface area contributed by atoms with Crippen molar-refractivity contribution in [2.45, 2.75) is 46.8 Å². The first kappa shape index (κ1) is 19.9. The Balaban J connectivity index is 1.85. The fourth-order valence-electron chi connectivity index (χ4n) is 3.30. The maximum absolute atomic E-state index is 13.1. The summed E-state index contributed by atoms with van der Waals surface area (Å²) in [5.41, 5.74) is 1.60. The number of aromatic nitrogens is 3. The van der Waals surface area contributed by atoms with Crippen molar-refractivity contribution in [2.75, 3.05) is 13.7 Å². The number of pyridine rings is 1. The predicted octanol–water partition coefficient (Wildman–Crippen LogP) is 1.84. The lowest BCUT2D eigenvalue weighted by Gasteiger charge is -2.28. The maximum atomic E-state index is 13.1. The van der Waals surface area contributed by atoms with E-state index in [9.17, 15) is 14.4 Å². The van der Waals surface area contributed by atoms with E-state index in [1.165, 1.54) is 7.11 Å². The average Bonchev–Trinajstić information content (AvgIpc) is 3.09. The van der Waals surface area contributed by atoms with Crippen LogP contribution in [0.4, 0.5) is 0 Å². The first-order valence-corrected chi connectivity index (χ1v) is 9.46. The summed E-state index contributed by atoms with van der Waals surface area (Å²) in [6, 6.07) is 3.45. The van der Waals surface area contributed by atoms with Gasteiger partial charge in [0.1, 0.15) is 5.56 Å². The molecule has 1 aliphatic heterocycles. The number of methoxy groups -OCH3 is 1. The molecule has 0 saturated heterocycles. The van der Waals surface area contributed by atoms with Crippen molar-refractivity contribution in [3.05, 3.63) is 51.2 Å². The molecule has 8 nitrogen and oxygen atoms in total. The number of fused-ring (bicyclic) bond motifs is 1. The van der Waals surface area contributed by atoms with Crippen LogP contribution in [0, 0.1) is 12.8 Å². The summed E-state index contributed by atoms with van der Waals surface area (Å²) in [5, 5.41) is 4.22. The van der Waals surface area contributed by atoms with E-state index in [1.54, 1.807) is 33.3 Å². The number of rotatable bonds is 5. The molecule has 0 aromatic carbocycles. The zero-order chi connectivity index (χ0) is 20.4. The molecule has 28 heavy (non-hydrogen) atoms. The summed E-state index contributed by atoms with van der Waals surface area (Å²) < 4.78 is 8.02. The largest absolute Gasteiger partial charge is 0.464 e. The highest BCUT2D eigenvalue weighted by atomic mass is 16.5. The highest BCUT2D eigenvalue weighted by Crippen LogP contribution is 2.17. The van der Waals surface area contributed by atoms with Gasteiger partial charge in [-0.15, -0.1) is 0 Å². The molecule has 0 saturated carbocycles. The fraction of sp³-hybridized carbons (Fsp3) is 0.500. The average molecular weight is 386 g/mol. The topological polar surface area (TPSA) is 86.4 Å². The SMILES string of the molecule is COC(=O)c1cc2n(n1)CCN(C(=O)c1c(C)ccn(CCC(C)C)c1=O)C2. The van der Waals surface area contributed by atoms with Crippen molar-refractivity contribution in [3.8, 4) is 0 Å². The van der Waals surface area contributed by atoms with Gasteiger partial charge in [0.05, 0.1) is 25.9 Å². The Labute approximate surface area is 163 Å². The molecule has 0 N–H and O–H groups in total. The Morgan fingerprint density at radius 1 is 1.29 bits per heavy atom. The van der Waals surface area contributed by atoms with E-state index in [0.717, 1.165) is 12.1 Å². The Bertz CT molecular complexity index is 958. The maximum Gasteiger partial charge on any atom is 0.358 e. The number of hydrogen-bond donors (Lipinski definition) is 0. The van der Waals surface area contributed by atoms with Crippen molar-refractivity contribution < 1.29 is 14.3 Å². The zero-order valence-electron chi connectivity index (χ0n) is 16.8. The molecule has 0 atom stereocenters. The third kappa shape index (κ3) is 3.85. The Morgan fingerprint density at radius 3 is 2.71 bits per heavy atom. The van der Waals surface area contributed by atoms with E-state index in [0.29, 0.717) is 37.7 Å². The van der Waals surface area contributed by atoms with Crippen molar-refractivity contribution in [1.82, 2.24) is 19.2 Å². The fourth-order valence-corrected chi connectivity index (χ4v) is 3.30. The monoisotopic (exact) mass is 386 g/mol. The van der Waals surface area contributed by atoms with Gasteiger partial charge in [-0.1, -0.05) is 13.8 Å². The molecule has 2 aromatic heterocycles. The lowest BCUT2D eigenvalue weighted by Crippen LogP contribution is -2.42. The van der Waals surface area contributed by atoms with Crippen LogP contribution in [0.15, 0.2) is 23.1 Å². The molecule has 2 aromatic rings. The molecule has 150 valence electrons. The smallest absolute Gasteiger partial charge is 0.358 e. The lowest BCUT2D eigenvalue weighted by atomic mass is 10.1. The van der Waals surface area contributed by atoms with Crippen LogP contribution in [0.5, 0.6) is 0 Å². The molecule has 0 spiro atoms. The molecule has 0 unspecified atom stereocenters. The number of esters is 1. The van der Waals surface area contributed by atoms with Gasteiger partial charge in [-0.2, -0.15) is 5.10 Å². The molecule has 0 radical (unpaired) electrons. The van der Waals surface area contributed by atoms with Crippen molar-refractivity contribution in [2.24, 2.45) is 5.92 Å². The number of aryl methyl sites for hydroxylation is 2. The standard InChI is InChI=1S/C20H26N4O4/c1-13(2)5-7-22-8-6-14(3)17(18(22)25)19(26)23-9-10-24-15(12-23)11-16(21-24)20(27)28-4/h6,8,11,13H,5,7,9-10,12H2,1-4H3. The summed E-state index contributed by atoms with van der Waals surface area (Å²) >= 11 is 0. The van der Waals surface area contributed by atoms with E-state index in [4.69, 9.17) is 4.74 Å². The predicted molar refractivity (Wildman–Crippen MR) is 103 cm³/mol. The van der Waals surface area contributed by atoms with E-state index in [1.807, 2.05) is 6.07 Å². The van der Waals surface area contributed by atoms with E-state index >= 15 is 0 Å². The molecule has 1 amide bonds. The van der Waals surface area contributed by atoms with Gasteiger partial charge >= 0.3 is 5.97 Å². The lowest BCUT2D eigenvalue weighted by molar-refractivity contribution is 0.0591. The Kier molecular flexibility index (Phi) is 5.67. The zero-order valence-corrected chi connectivity index (χ0v) is 16.8. The second-order valence-corrected chi connectivity index (χ2v) is 7.52. The summed E-state index contributed by atoms with van der Waals surface area (Å²) in [6.45, 7) is 7.76. The van der Waals surface area contributed by atoms with Gasteiger partial charge in [0, 0.05) is 19.3 Å². The molecule has 0 fully saturated rings. The first-order chi connectivity index (χ1) is 13.3. The number of ether oxygens (including phenoxy) is 1. The minimum atomic E-state index is -0.508. The van der Waals surface area contributed by atoms with Gasteiger partial charge < -0.3 is 14.2 Å². The number of amides is 1. The van der Waals surface area contributed by atoms with Gasteiger partial charge in [-0.3, -0.25) is 14.3 Å². The van der Waals surface area contributed by atoms with Crippen LogP contribution < -0.4 is 5.56 Å². The van der Waals surface area contributed by atoms with Crippen LogP contribution in [-0.2, 0) is 24.4 Å². The van der Waals surface area contributed by atoms with E-state index in [2.05, 4.69) is 18.9 Å². The normalized spacial score (nSPS) is 13.5. The Morgan fingerprint density at radius 2 is 2.04 bits per heavy atom. The van der Waals surface area contributed by atoms with Gasteiger partial charge in [-0.05, 0) is 37.0 Å². The van der Waals surface area contributed by atoms with Gasteiger partial charge in [0.2, 0.25) is 0 Å². The van der Waals surface area contributed by atoms with Crippen LogP contribution in [0.1, 0.15) is 52.4 Å². The number of nitrogens with zero attached hydrogens (tertiary/aromatic N) is 4. The summed E-state index contributed by atoms with van der Waals surface area (Å²) in [5.74, 6) is -0.320. The minimum Gasteiger partial charge on any atom is -0.464 e. The number of hydrogen-bond acceptors (Lipinski definition) is 5. The molecule has 8 heteroatoms. The summed E-state index contributed by atoms with van der Waals surface area (Å²) in [6.07, 6.45) is 2.63. The van der Waals surface area contributed by atoms with Crippen LogP contribution in [0.25, 0.3) is 0 Å². The molecule has 3 heterocycles. The van der Waals surface area contributed by atoms with E-state index < -0.39 is 5.97 Å². The quantitative estimate of drug-likeness (QED) is 0.732. The second kappa shape index (κ2) is 8.00. The van der Waals surface area contributed by atoms with Crippen molar-refractivity contribution in [3.63, 3.8) is 0 Å². The van der Waals surface area contributed by atoms with Crippen LogP contribution >= 0.6 is 0 Å². The van der Waals surface area contributed by atoms with Crippen molar-refractivity contribution >= 4 is 11.9 Å². The van der Waals surface area contributed by atoms with Crippen LogP contribution in [0.2, 0.25) is 0 Å². The Hall–Kier alpha value is -2.90. The minimum absolute atomic E-state index is 0.215. The molecular formula is C20H26N4O4. The third-order valence-corrected chi connectivity index (χ3v) is 5.01. The van der Waals surface area contributed by atoms with Gasteiger partial charge in [0.25, 0.3) is 11.5 Å². The van der Waals surface area contributed by atoms with Gasteiger partial charge in [0.15, 0.2) is 5.69 Å². The molecule has 0 bridgehead atoms. The highest BCUT2D eigenvalue weighted by Gasteiger charge is 2.27. The second-order valence-electron chi connectivity index (χ2n) is 7.52. The summed E-state index contributed by atoms with van der Waals surface area (Å²) in [4.78, 5) is 39.3. The number of carbonyl (C=O) groups excluding carboxylic acids is 2.